The number of carbonyl (C=O) groups is 1. The van der Waals surface area contributed by atoms with Gasteiger partial charge in [0.15, 0.2) is 0 Å². The maximum Gasteiger partial charge on any atom is 0.292 e. The van der Waals surface area contributed by atoms with E-state index >= 15 is 0 Å². The van der Waals surface area contributed by atoms with Crippen LogP contribution < -0.4 is 10.6 Å². The minimum atomic E-state index is -0.560. The largest absolute Gasteiger partial charge is 0.368 e. The lowest BCUT2D eigenvalue weighted by molar-refractivity contribution is -0.384. The summed E-state index contributed by atoms with van der Waals surface area (Å²) < 4.78 is 0. The topological polar surface area (TPSA) is 84.3 Å². The highest BCUT2D eigenvalue weighted by atomic mass is 16.6. The number of nitrogens with zero attached hydrogens (tertiary/aromatic N) is 1. The minimum Gasteiger partial charge on any atom is -0.368 e. The number of benzene rings is 1. The second-order valence-corrected chi connectivity index (χ2v) is 5.88. The molecule has 2 N–H and O–H groups in total. The van der Waals surface area contributed by atoms with E-state index in [-0.39, 0.29) is 17.1 Å². The monoisotopic (exact) mass is 279 g/mol. The third-order valence-electron chi connectivity index (χ3n) is 2.61. The van der Waals surface area contributed by atoms with E-state index in [4.69, 9.17) is 0 Å². The Morgan fingerprint density at radius 2 is 1.95 bits per heavy atom. The smallest absolute Gasteiger partial charge is 0.292 e. The second-order valence-electron chi connectivity index (χ2n) is 5.88. The van der Waals surface area contributed by atoms with E-state index in [1.54, 1.807) is 19.1 Å². The first-order chi connectivity index (χ1) is 9.10. The van der Waals surface area contributed by atoms with Crippen molar-refractivity contribution < 1.29 is 9.72 Å². The fourth-order valence-corrected chi connectivity index (χ4v) is 1.70. The van der Waals surface area contributed by atoms with Crippen molar-refractivity contribution in [3.05, 3.63) is 33.9 Å². The van der Waals surface area contributed by atoms with Gasteiger partial charge in [-0.1, -0.05) is 6.07 Å². The maximum absolute atomic E-state index is 12.0. The summed E-state index contributed by atoms with van der Waals surface area (Å²) in [5, 5.41) is 16.7. The number of rotatable bonds is 4. The third kappa shape index (κ3) is 4.53. The van der Waals surface area contributed by atoms with Crippen molar-refractivity contribution in [2.45, 2.75) is 46.2 Å². The number of hydrogen-bond donors (Lipinski definition) is 2. The maximum atomic E-state index is 12.0. The van der Waals surface area contributed by atoms with Crippen molar-refractivity contribution in [3.8, 4) is 0 Å². The van der Waals surface area contributed by atoms with Crippen molar-refractivity contribution >= 4 is 17.3 Å². The van der Waals surface area contributed by atoms with Gasteiger partial charge in [0.1, 0.15) is 11.7 Å². The van der Waals surface area contributed by atoms with Gasteiger partial charge < -0.3 is 10.6 Å². The van der Waals surface area contributed by atoms with E-state index in [9.17, 15) is 14.9 Å². The first-order valence-electron chi connectivity index (χ1n) is 6.44. The molecule has 1 amide bonds. The zero-order chi connectivity index (χ0) is 15.5. The van der Waals surface area contributed by atoms with E-state index in [1.807, 2.05) is 27.7 Å². The Balaban J connectivity index is 2.90. The van der Waals surface area contributed by atoms with E-state index < -0.39 is 11.0 Å². The summed E-state index contributed by atoms with van der Waals surface area (Å²) in [6, 6.07) is 4.21. The van der Waals surface area contributed by atoms with E-state index in [0.29, 0.717) is 5.69 Å². The van der Waals surface area contributed by atoms with Crippen molar-refractivity contribution in [3.63, 3.8) is 0 Å². The lowest BCUT2D eigenvalue weighted by Gasteiger charge is -2.24. The highest BCUT2D eigenvalue weighted by Crippen LogP contribution is 2.25. The van der Waals surface area contributed by atoms with Gasteiger partial charge in [0.2, 0.25) is 5.91 Å². The van der Waals surface area contributed by atoms with Crippen LogP contribution in [0.3, 0.4) is 0 Å². The zero-order valence-corrected chi connectivity index (χ0v) is 12.5. The van der Waals surface area contributed by atoms with Crippen molar-refractivity contribution in [2.75, 3.05) is 5.32 Å². The van der Waals surface area contributed by atoms with Crippen molar-refractivity contribution in [1.29, 1.82) is 0 Å². The summed E-state index contributed by atoms with van der Waals surface area (Å²) in [4.78, 5) is 22.5. The highest BCUT2D eigenvalue weighted by Gasteiger charge is 2.22. The van der Waals surface area contributed by atoms with Gasteiger partial charge in [0, 0.05) is 11.6 Å². The van der Waals surface area contributed by atoms with Crippen LogP contribution in [0, 0.1) is 17.0 Å². The van der Waals surface area contributed by atoms with Crippen LogP contribution in [0.5, 0.6) is 0 Å². The molecule has 0 radical (unpaired) electrons. The molecule has 0 saturated carbocycles. The summed E-state index contributed by atoms with van der Waals surface area (Å²) in [5.74, 6) is -0.201. The molecule has 1 unspecified atom stereocenters. The zero-order valence-electron chi connectivity index (χ0n) is 12.5. The van der Waals surface area contributed by atoms with Crippen molar-refractivity contribution in [2.24, 2.45) is 0 Å². The molecule has 1 aromatic rings. The van der Waals surface area contributed by atoms with Crippen LogP contribution >= 0.6 is 0 Å². The van der Waals surface area contributed by atoms with Crippen LogP contribution in [0.2, 0.25) is 0 Å². The molecule has 6 heteroatoms. The van der Waals surface area contributed by atoms with Crippen LogP contribution in [0.15, 0.2) is 18.2 Å². The SMILES string of the molecule is Cc1ccc([N+](=O)[O-])c(NC(C)C(=O)NC(C)(C)C)c1. The molecule has 0 saturated heterocycles. The third-order valence-corrected chi connectivity index (χ3v) is 2.61. The van der Waals surface area contributed by atoms with Gasteiger partial charge in [0.25, 0.3) is 5.69 Å². The van der Waals surface area contributed by atoms with Crippen LogP contribution in [0.1, 0.15) is 33.3 Å². The number of nitro benzene ring substituents is 1. The molecule has 0 fully saturated rings. The quantitative estimate of drug-likeness (QED) is 0.655. The molecule has 0 aliphatic carbocycles. The van der Waals surface area contributed by atoms with E-state index in [2.05, 4.69) is 10.6 Å². The summed E-state index contributed by atoms with van der Waals surface area (Å²) >= 11 is 0. The molecule has 0 aliphatic heterocycles. The molecule has 0 heterocycles. The molecule has 1 rings (SSSR count). The standard InChI is InChI=1S/C14H21N3O3/c1-9-6-7-12(17(19)20)11(8-9)15-10(2)13(18)16-14(3,4)5/h6-8,10,15H,1-5H3,(H,16,18). The fourth-order valence-electron chi connectivity index (χ4n) is 1.70. The normalized spacial score (nSPS) is 12.7. The molecule has 1 atom stereocenters. The molecule has 1 aromatic carbocycles. The Kier molecular flexibility index (Phi) is 4.70. The molecule has 0 aliphatic rings. The molecule has 0 bridgehead atoms. The van der Waals surface area contributed by atoms with Crippen LogP contribution in [-0.2, 0) is 4.79 Å². The predicted octanol–water partition coefficient (Wildman–Crippen LogP) is 2.62. The first-order valence-corrected chi connectivity index (χ1v) is 6.44. The van der Waals surface area contributed by atoms with Crippen LogP contribution in [0.25, 0.3) is 0 Å². The number of amides is 1. The summed E-state index contributed by atoms with van der Waals surface area (Å²) in [6.45, 7) is 9.16. The average molecular weight is 279 g/mol. The Morgan fingerprint density at radius 3 is 2.45 bits per heavy atom. The molecule has 6 nitrogen and oxygen atoms in total. The predicted molar refractivity (Wildman–Crippen MR) is 78.8 cm³/mol. The van der Waals surface area contributed by atoms with Crippen molar-refractivity contribution in [1.82, 2.24) is 5.32 Å². The Morgan fingerprint density at radius 1 is 1.35 bits per heavy atom. The molecular weight excluding hydrogens is 258 g/mol. The molecule has 0 aromatic heterocycles. The van der Waals surface area contributed by atoms with Gasteiger partial charge in [-0.25, -0.2) is 0 Å². The molecule has 0 spiro atoms. The number of aryl methyl sites for hydroxylation is 1. The summed E-state index contributed by atoms with van der Waals surface area (Å²) in [6.07, 6.45) is 0. The number of nitro groups is 1. The first kappa shape index (κ1) is 15.9. The van der Waals surface area contributed by atoms with Gasteiger partial charge in [-0.05, 0) is 46.2 Å². The van der Waals surface area contributed by atoms with Crippen LogP contribution in [0.4, 0.5) is 11.4 Å². The van der Waals surface area contributed by atoms with Gasteiger partial charge in [0.05, 0.1) is 4.92 Å². The minimum absolute atomic E-state index is 0.0361. The van der Waals surface area contributed by atoms with E-state index in [1.165, 1.54) is 6.07 Å². The Labute approximate surface area is 118 Å². The molecule has 20 heavy (non-hydrogen) atoms. The second kappa shape index (κ2) is 5.90. The van der Waals surface area contributed by atoms with Gasteiger partial charge in [-0.3, -0.25) is 14.9 Å². The number of nitrogens with one attached hydrogen (secondary N) is 2. The lowest BCUT2D eigenvalue weighted by atomic mass is 10.1. The summed E-state index contributed by atoms with van der Waals surface area (Å²) in [7, 11) is 0. The van der Waals surface area contributed by atoms with Gasteiger partial charge in [-0.15, -0.1) is 0 Å². The van der Waals surface area contributed by atoms with Crippen LogP contribution in [-0.4, -0.2) is 22.4 Å². The summed E-state index contributed by atoms with van der Waals surface area (Å²) in [5.41, 5.74) is 0.866. The van der Waals surface area contributed by atoms with Gasteiger partial charge in [-0.2, -0.15) is 0 Å². The number of anilines is 1. The number of carbonyl (C=O) groups excluding carboxylic acids is 1. The van der Waals surface area contributed by atoms with E-state index in [0.717, 1.165) is 5.56 Å². The average Bonchev–Trinajstić information content (AvgIpc) is 2.26. The highest BCUT2D eigenvalue weighted by molar-refractivity contribution is 5.85. The fraction of sp³-hybridized carbons (Fsp3) is 0.500. The molecular formula is C14H21N3O3. The molecule has 110 valence electrons. The lowest BCUT2D eigenvalue weighted by Crippen LogP contribution is -2.47. The number of hydrogen-bond acceptors (Lipinski definition) is 4. The Hall–Kier alpha value is -2.11. The Bertz CT molecular complexity index is 521. The van der Waals surface area contributed by atoms with Gasteiger partial charge >= 0.3 is 0 Å².